The standard InChI is InChI=1S/C19H33BN2O4/c1-18(2)19(3,4)26-20(25-18)17-8-6-5-7-16(17)15-22-10-12-24-14-13-23-11-9-21/h5-8,22H,9-15,21H2,1-4H3. The average Bonchev–Trinajstić information content (AvgIpc) is 2.81. The number of hydrogen-bond donors (Lipinski definition) is 2. The molecule has 0 saturated carbocycles. The maximum absolute atomic E-state index is 6.18. The van der Waals surface area contributed by atoms with Crippen LogP contribution in [0.2, 0.25) is 0 Å². The Kier molecular flexibility index (Phi) is 8.07. The lowest BCUT2D eigenvalue weighted by molar-refractivity contribution is 0.00578. The van der Waals surface area contributed by atoms with Gasteiger partial charge in [-0.05, 0) is 38.7 Å². The van der Waals surface area contributed by atoms with Gasteiger partial charge >= 0.3 is 7.12 Å². The van der Waals surface area contributed by atoms with Gasteiger partial charge in [-0.1, -0.05) is 24.3 Å². The van der Waals surface area contributed by atoms with Gasteiger partial charge in [-0.25, -0.2) is 0 Å². The van der Waals surface area contributed by atoms with E-state index in [-0.39, 0.29) is 18.3 Å². The third kappa shape index (κ3) is 5.77. The van der Waals surface area contributed by atoms with Gasteiger partial charge in [0.2, 0.25) is 0 Å². The number of benzene rings is 1. The second-order valence-corrected chi connectivity index (χ2v) is 7.48. The zero-order chi connectivity index (χ0) is 19.0. The largest absolute Gasteiger partial charge is 0.495 e. The molecule has 0 spiro atoms. The van der Waals surface area contributed by atoms with Crippen molar-refractivity contribution in [1.82, 2.24) is 5.32 Å². The average molecular weight is 364 g/mol. The van der Waals surface area contributed by atoms with Crippen LogP contribution in [0, 0.1) is 0 Å². The molecule has 0 bridgehead atoms. The van der Waals surface area contributed by atoms with Crippen molar-refractivity contribution in [1.29, 1.82) is 0 Å². The van der Waals surface area contributed by atoms with Crippen molar-refractivity contribution in [3.8, 4) is 0 Å². The molecule has 0 atom stereocenters. The van der Waals surface area contributed by atoms with E-state index in [0.29, 0.717) is 33.0 Å². The maximum atomic E-state index is 6.18. The molecule has 0 amide bonds. The molecule has 1 aromatic rings. The number of ether oxygens (including phenoxy) is 2. The Bertz CT molecular complexity index is 538. The summed E-state index contributed by atoms with van der Waals surface area (Å²) in [6.45, 7) is 12.7. The van der Waals surface area contributed by atoms with Crippen LogP contribution < -0.4 is 16.5 Å². The first-order valence-electron chi connectivity index (χ1n) is 9.37. The predicted molar refractivity (Wildman–Crippen MR) is 105 cm³/mol. The molecule has 2 rings (SSSR count). The molecule has 1 aliphatic rings. The highest BCUT2D eigenvalue weighted by atomic mass is 16.7. The van der Waals surface area contributed by atoms with E-state index in [0.717, 1.165) is 18.6 Å². The second-order valence-electron chi connectivity index (χ2n) is 7.48. The monoisotopic (exact) mass is 364 g/mol. The highest BCUT2D eigenvalue weighted by Gasteiger charge is 2.52. The van der Waals surface area contributed by atoms with Crippen molar-refractivity contribution in [3.05, 3.63) is 29.8 Å². The summed E-state index contributed by atoms with van der Waals surface area (Å²) in [5.74, 6) is 0. The molecular weight excluding hydrogens is 331 g/mol. The summed E-state index contributed by atoms with van der Waals surface area (Å²) >= 11 is 0. The molecule has 0 aliphatic carbocycles. The van der Waals surface area contributed by atoms with E-state index >= 15 is 0 Å². The summed E-state index contributed by atoms with van der Waals surface area (Å²) < 4.78 is 23.2. The molecule has 1 fully saturated rings. The SMILES string of the molecule is CC1(C)OB(c2ccccc2CNCCOCCOCCN)OC1(C)C. The fraction of sp³-hybridized carbons (Fsp3) is 0.684. The molecule has 1 heterocycles. The summed E-state index contributed by atoms with van der Waals surface area (Å²) in [5.41, 5.74) is 6.94. The van der Waals surface area contributed by atoms with Crippen LogP contribution in [0.5, 0.6) is 0 Å². The van der Waals surface area contributed by atoms with Gasteiger partial charge in [0.05, 0.1) is 37.6 Å². The first-order chi connectivity index (χ1) is 12.4. The Balaban J connectivity index is 1.78. The van der Waals surface area contributed by atoms with Gasteiger partial charge in [0.25, 0.3) is 0 Å². The normalized spacial score (nSPS) is 18.4. The van der Waals surface area contributed by atoms with Crippen LogP contribution in [0.25, 0.3) is 0 Å². The van der Waals surface area contributed by atoms with E-state index in [1.54, 1.807) is 0 Å². The van der Waals surface area contributed by atoms with Gasteiger partial charge < -0.3 is 29.8 Å². The number of hydrogen-bond acceptors (Lipinski definition) is 6. The van der Waals surface area contributed by atoms with Crippen molar-refractivity contribution in [3.63, 3.8) is 0 Å². The zero-order valence-corrected chi connectivity index (χ0v) is 16.5. The second kappa shape index (κ2) is 9.83. The fourth-order valence-electron chi connectivity index (χ4n) is 2.67. The molecule has 6 nitrogen and oxygen atoms in total. The lowest BCUT2D eigenvalue weighted by Crippen LogP contribution is -2.41. The minimum absolute atomic E-state index is 0.335. The molecule has 0 unspecified atom stereocenters. The number of nitrogens with two attached hydrogens (primary N) is 1. The minimum Gasteiger partial charge on any atom is -0.399 e. The lowest BCUT2D eigenvalue weighted by atomic mass is 9.76. The minimum atomic E-state index is -0.339. The van der Waals surface area contributed by atoms with Crippen LogP contribution in [-0.4, -0.2) is 57.8 Å². The topological polar surface area (TPSA) is 75.0 Å². The van der Waals surface area contributed by atoms with Crippen LogP contribution in [0.3, 0.4) is 0 Å². The van der Waals surface area contributed by atoms with Gasteiger partial charge in [0.15, 0.2) is 0 Å². The summed E-state index contributed by atoms with van der Waals surface area (Å²) in [6, 6.07) is 8.24. The summed E-state index contributed by atoms with van der Waals surface area (Å²) in [6.07, 6.45) is 0. The lowest BCUT2D eigenvalue weighted by Gasteiger charge is -2.32. The van der Waals surface area contributed by atoms with Crippen molar-refractivity contribution in [2.75, 3.05) is 39.5 Å². The molecule has 1 aliphatic heterocycles. The third-order valence-electron chi connectivity index (χ3n) is 4.94. The highest BCUT2D eigenvalue weighted by Crippen LogP contribution is 2.36. The molecule has 0 radical (unpaired) electrons. The fourth-order valence-corrected chi connectivity index (χ4v) is 2.67. The first-order valence-corrected chi connectivity index (χ1v) is 9.37. The molecule has 1 aromatic carbocycles. The van der Waals surface area contributed by atoms with E-state index in [1.165, 1.54) is 5.56 Å². The smallest absolute Gasteiger partial charge is 0.399 e. The Labute approximate surface area is 157 Å². The Morgan fingerprint density at radius 2 is 1.58 bits per heavy atom. The maximum Gasteiger partial charge on any atom is 0.495 e. The quantitative estimate of drug-likeness (QED) is 0.452. The van der Waals surface area contributed by atoms with Crippen LogP contribution in [0.1, 0.15) is 33.3 Å². The third-order valence-corrected chi connectivity index (χ3v) is 4.94. The highest BCUT2D eigenvalue weighted by molar-refractivity contribution is 6.62. The predicted octanol–water partition coefficient (Wildman–Crippen LogP) is 1.07. The van der Waals surface area contributed by atoms with Gasteiger partial charge in [-0.3, -0.25) is 0 Å². The Hall–Kier alpha value is -0.955. The Morgan fingerprint density at radius 1 is 0.962 bits per heavy atom. The molecular formula is C19H33BN2O4. The molecule has 7 heteroatoms. The van der Waals surface area contributed by atoms with E-state index < -0.39 is 0 Å². The van der Waals surface area contributed by atoms with Gasteiger partial charge in [-0.15, -0.1) is 0 Å². The molecule has 26 heavy (non-hydrogen) atoms. The van der Waals surface area contributed by atoms with Crippen LogP contribution in [0.15, 0.2) is 24.3 Å². The molecule has 1 saturated heterocycles. The van der Waals surface area contributed by atoms with Gasteiger partial charge in [0, 0.05) is 19.6 Å². The van der Waals surface area contributed by atoms with Crippen molar-refractivity contribution < 1.29 is 18.8 Å². The van der Waals surface area contributed by atoms with E-state index in [1.807, 2.05) is 12.1 Å². The molecule has 0 aromatic heterocycles. The first kappa shape index (κ1) is 21.3. The van der Waals surface area contributed by atoms with Crippen LogP contribution >= 0.6 is 0 Å². The van der Waals surface area contributed by atoms with Crippen molar-refractivity contribution in [2.24, 2.45) is 5.73 Å². The van der Waals surface area contributed by atoms with Crippen LogP contribution in [-0.2, 0) is 25.3 Å². The molecule has 146 valence electrons. The zero-order valence-electron chi connectivity index (χ0n) is 16.5. The van der Waals surface area contributed by atoms with Crippen molar-refractivity contribution in [2.45, 2.75) is 45.4 Å². The number of nitrogens with one attached hydrogen (secondary N) is 1. The van der Waals surface area contributed by atoms with Gasteiger partial charge in [0.1, 0.15) is 0 Å². The van der Waals surface area contributed by atoms with E-state index in [2.05, 4.69) is 45.1 Å². The van der Waals surface area contributed by atoms with Crippen molar-refractivity contribution >= 4 is 12.6 Å². The Morgan fingerprint density at radius 3 is 2.23 bits per heavy atom. The molecule has 3 N–H and O–H groups in total. The summed E-state index contributed by atoms with van der Waals surface area (Å²) in [5, 5.41) is 3.41. The summed E-state index contributed by atoms with van der Waals surface area (Å²) in [7, 11) is -0.339. The van der Waals surface area contributed by atoms with Crippen LogP contribution in [0.4, 0.5) is 0 Å². The number of rotatable bonds is 11. The van der Waals surface area contributed by atoms with Gasteiger partial charge in [-0.2, -0.15) is 0 Å². The summed E-state index contributed by atoms with van der Waals surface area (Å²) in [4.78, 5) is 0. The van der Waals surface area contributed by atoms with E-state index in [4.69, 9.17) is 24.5 Å². The van der Waals surface area contributed by atoms with E-state index in [9.17, 15) is 0 Å².